The Balaban J connectivity index is 1.76. The van der Waals surface area contributed by atoms with E-state index in [1.165, 1.54) is 0 Å². The van der Waals surface area contributed by atoms with Crippen LogP contribution in [0.1, 0.15) is 35.3 Å². The smallest absolute Gasteiger partial charge is 0.126 e. The van der Waals surface area contributed by atoms with Crippen LogP contribution in [0.3, 0.4) is 0 Å². The Morgan fingerprint density at radius 3 is 2.52 bits per heavy atom. The summed E-state index contributed by atoms with van der Waals surface area (Å²) in [5, 5.41) is 14.6. The van der Waals surface area contributed by atoms with Crippen LogP contribution in [0.4, 0.5) is 0 Å². The molecule has 0 saturated heterocycles. The lowest BCUT2D eigenvalue weighted by atomic mass is 9.93. The maximum Gasteiger partial charge on any atom is 0.126 e. The molecule has 4 rings (SSSR count). The van der Waals surface area contributed by atoms with Crippen molar-refractivity contribution in [1.29, 1.82) is 0 Å². The highest BCUT2D eigenvalue weighted by molar-refractivity contribution is 9.10. The number of nitrogens with one attached hydrogen (secondary N) is 1. The number of rotatable bonds is 3. The van der Waals surface area contributed by atoms with Crippen molar-refractivity contribution in [2.24, 2.45) is 4.99 Å². The van der Waals surface area contributed by atoms with Gasteiger partial charge in [-0.2, -0.15) is 0 Å². The fourth-order valence-electron chi connectivity index (χ4n) is 3.35. The number of hydrogen-bond acceptors (Lipinski definition) is 3. The van der Waals surface area contributed by atoms with Gasteiger partial charge in [-0.15, -0.1) is 0 Å². The molecule has 136 valence electrons. The average molecular weight is 442 g/mol. The summed E-state index contributed by atoms with van der Waals surface area (Å²) < 4.78 is 1.02. The largest absolute Gasteiger partial charge is 0.508 e. The Labute approximate surface area is 171 Å². The number of hydrogen-bond donors (Lipinski definition) is 2. The van der Waals surface area contributed by atoms with Crippen molar-refractivity contribution < 1.29 is 5.11 Å². The Morgan fingerprint density at radius 1 is 1.00 bits per heavy atom. The summed E-state index contributed by atoms with van der Waals surface area (Å²) in [4.78, 5) is 4.96. The third-order valence-electron chi connectivity index (χ3n) is 4.70. The van der Waals surface area contributed by atoms with Gasteiger partial charge in [0.25, 0.3) is 0 Å². The number of benzene rings is 3. The molecule has 0 radical (unpaired) electrons. The molecule has 3 aromatic carbocycles. The van der Waals surface area contributed by atoms with E-state index in [9.17, 15) is 5.11 Å². The van der Waals surface area contributed by atoms with Gasteiger partial charge in [0.05, 0.1) is 0 Å². The predicted octanol–water partition coefficient (Wildman–Crippen LogP) is 6.03. The molecular formula is C22H18BrClN2O. The van der Waals surface area contributed by atoms with Crippen LogP contribution < -0.4 is 5.32 Å². The van der Waals surface area contributed by atoms with Gasteiger partial charge in [-0.1, -0.05) is 70.0 Å². The third-order valence-corrected chi connectivity index (χ3v) is 5.44. The number of nitrogens with zero attached hydrogens (tertiary/aromatic N) is 1. The van der Waals surface area contributed by atoms with E-state index in [1.807, 2.05) is 54.6 Å². The molecule has 0 saturated carbocycles. The number of aliphatic imine (C=N–C) groups is 1. The first-order chi connectivity index (χ1) is 13.1. The van der Waals surface area contributed by atoms with E-state index >= 15 is 0 Å². The molecule has 2 atom stereocenters. The van der Waals surface area contributed by atoms with Crippen molar-refractivity contribution in [3.8, 4) is 5.75 Å². The maximum absolute atomic E-state index is 10.4. The van der Waals surface area contributed by atoms with Gasteiger partial charge in [0, 0.05) is 33.2 Å². The van der Waals surface area contributed by atoms with Crippen LogP contribution in [-0.2, 0) is 0 Å². The number of phenols is 1. The lowest BCUT2D eigenvalue weighted by molar-refractivity contribution is 0.413. The quantitative estimate of drug-likeness (QED) is 0.521. The second kappa shape index (κ2) is 7.85. The van der Waals surface area contributed by atoms with E-state index in [2.05, 4.69) is 33.4 Å². The summed E-state index contributed by atoms with van der Waals surface area (Å²) in [5.41, 5.74) is 3.99. The minimum atomic E-state index is -0.213. The molecule has 2 N–H and O–H groups in total. The first-order valence-electron chi connectivity index (χ1n) is 8.72. The van der Waals surface area contributed by atoms with Crippen LogP contribution in [0.2, 0.25) is 5.02 Å². The minimum absolute atomic E-state index is 0.0432. The molecule has 0 fully saturated rings. The molecule has 27 heavy (non-hydrogen) atoms. The van der Waals surface area contributed by atoms with Crippen LogP contribution >= 0.6 is 27.5 Å². The van der Waals surface area contributed by atoms with Crippen LogP contribution in [0.15, 0.2) is 82.3 Å². The van der Waals surface area contributed by atoms with E-state index in [0.717, 1.165) is 26.9 Å². The van der Waals surface area contributed by atoms with Crippen LogP contribution in [0.5, 0.6) is 5.75 Å². The summed E-state index contributed by atoms with van der Waals surface area (Å²) in [6, 6.07) is 23.3. The average Bonchev–Trinajstić information content (AvgIpc) is 2.68. The Morgan fingerprint density at radius 2 is 1.78 bits per heavy atom. The Kier molecular flexibility index (Phi) is 5.30. The van der Waals surface area contributed by atoms with Crippen molar-refractivity contribution >= 4 is 33.2 Å². The van der Waals surface area contributed by atoms with E-state index < -0.39 is 0 Å². The zero-order valence-corrected chi connectivity index (χ0v) is 16.8. The molecule has 0 spiro atoms. The van der Waals surface area contributed by atoms with Crippen LogP contribution in [0, 0.1) is 0 Å². The molecule has 0 amide bonds. The van der Waals surface area contributed by atoms with E-state index in [-0.39, 0.29) is 12.2 Å². The summed E-state index contributed by atoms with van der Waals surface area (Å²) in [6.07, 6.45) is 0.479. The van der Waals surface area contributed by atoms with Crippen molar-refractivity contribution in [1.82, 2.24) is 5.32 Å². The van der Waals surface area contributed by atoms with Gasteiger partial charge in [0.2, 0.25) is 0 Å². The highest BCUT2D eigenvalue weighted by Gasteiger charge is 2.27. The summed E-state index contributed by atoms with van der Waals surface area (Å²) in [7, 11) is 0. The number of aromatic hydroxyl groups is 1. The molecule has 0 bridgehead atoms. The zero-order valence-electron chi connectivity index (χ0n) is 14.4. The lowest BCUT2D eigenvalue weighted by Crippen LogP contribution is -2.33. The SMILES string of the molecule is Oc1ccccc1[C@H]1CC(c2cccc(Br)c2)=N[C@H](c2ccc(Cl)cc2)N1. The van der Waals surface area contributed by atoms with Crippen molar-refractivity contribution in [2.45, 2.75) is 18.6 Å². The van der Waals surface area contributed by atoms with Gasteiger partial charge < -0.3 is 5.11 Å². The van der Waals surface area contributed by atoms with Gasteiger partial charge >= 0.3 is 0 Å². The molecule has 0 aromatic heterocycles. The molecule has 1 heterocycles. The number of phenolic OH excluding ortho intramolecular Hbond substituents is 1. The first kappa shape index (κ1) is 18.2. The van der Waals surface area contributed by atoms with E-state index in [1.54, 1.807) is 6.07 Å². The summed E-state index contributed by atoms with van der Waals surface area (Å²) in [5.74, 6) is 0.292. The highest BCUT2D eigenvalue weighted by atomic mass is 79.9. The fourth-order valence-corrected chi connectivity index (χ4v) is 3.87. The van der Waals surface area contributed by atoms with Crippen LogP contribution in [0.25, 0.3) is 0 Å². The molecule has 0 unspecified atom stereocenters. The molecular weight excluding hydrogens is 424 g/mol. The van der Waals surface area contributed by atoms with E-state index in [0.29, 0.717) is 17.2 Å². The summed E-state index contributed by atoms with van der Waals surface area (Å²) in [6.45, 7) is 0. The zero-order chi connectivity index (χ0) is 18.8. The van der Waals surface area contributed by atoms with Gasteiger partial charge in [0.15, 0.2) is 0 Å². The second-order valence-corrected chi connectivity index (χ2v) is 7.87. The fraction of sp³-hybridized carbons (Fsp3) is 0.136. The number of halogens is 2. The minimum Gasteiger partial charge on any atom is -0.508 e. The third kappa shape index (κ3) is 4.08. The standard InChI is InChI=1S/C22H18BrClN2O/c23-16-5-3-4-15(12-16)19-13-20(18-6-1-2-7-21(18)27)26-22(25-19)14-8-10-17(24)11-9-14/h1-12,20,22,26-27H,13H2/t20-,22+/m1/s1. The monoisotopic (exact) mass is 440 g/mol. The molecule has 1 aliphatic rings. The Bertz CT molecular complexity index is 988. The molecule has 5 heteroatoms. The number of para-hydroxylation sites is 1. The lowest BCUT2D eigenvalue weighted by Gasteiger charge is -2.31. The summed E-state index contributed by atoms with van der Waals surface area (Å²) >= 11 is 9.59. The molecule has 0 aliphatic carbocycles. The second-order valence-electron chi connectivity index (χ2n) is 6.52. The van der Waals surface area contributed by atoms with Crippen molar-refractivity contribution in [2.75, 3.05) is 0 Å². The predicted molar refractivity (Wildman–Crippen MR) is 113 cm³/mol. The van der Waals surface area contributed by atoms with Gasteiger partial charge in [-0.25, -0.2) is 0 Å². The molecule has 3 aromatic rings. The molecule has 1 aliphatic heterocycles. The van der Waals surface area contributed by atoms with E-state index in [4.69, 9.17) is 16.6 Å². The Hall–Kier alpha value is -2.14. The molecule has 3 nitrogen and oxygen atoms in total. The van der Waals surface area contributed by atoms with Gasteiger partial charge in [0.1, 0.15) is 11.9 Å². The van der Waals surface area contributed by atoms with Crippen LogP contribution in [-0.4, -0.2) is 10.8 Å². The van der Waals surface area contributed by atoms with Gasteiger partial charge in [-0.3, -0.25) is 10.3 Å². The topological polar surface area (TPSA) is 44.6 Å². The van der Waals surface area contributed by atoms with Crippen molar-refractivity contribution in [3.05, 3.63) is 99.0 Å². The van der Waals surface area contributed by atoms with Gasteiger partial charge in [-0.05, 0) is 41.5 Å². The highest BCUT2D eigenvalue weighted by Crippen LogP contribution is 2.34. The maximum atomic E-state index is 10.4. The normalized spacial score (nSPS) is 19.6. The first-order valence-corrected chi connectivity index (χ1v) is 9.89. The van der Waals surface area contributed by atoms with Crippen molar-refractivity contribution in [3.63, 3.8) is 0 Å².